The summed E-state index contributed by atoms with van der Waals surface area (Å²) in [6.07, 6.45) is 6.08. The number of imidazole rings is 1. The Labute approximate surface area is 153 Å². The van der Waals surface area contributed by atoms with E-state index in [-0.39, 0.29) is 11.7 Å². The number of hydrogen-bond donors (Lipinski definition) is 3. The number of nitrogens with one attached hydrogen (secondary N) is 2. The highest BCUT2D eigenvalue weighted by Gasteiger charge is 2.11. The Bertz CT molecular complexity index is 853. The summed E-state index contributed by atoms with van der Waals surface area (Å²) in [5.74, 6) is 0.680. The predicted molar refractivity (Wildman–Crippen MR) is 105 cm³/mol. The molecule has 0 bridgehead atoms. The summed E-state index contributed by atoms with van der Waals surface area (Å²) in [6, 6.07) is 12.8. The van der Waals surface area contributed by atoms with Crippen molar-refractivity contribution in [1.82, 2.24) is 9.97 Å². The summed E-state index contributed by atoms with van der Waals surface area (Å²) in [5.41, 5.74) is 2.98. The number of carbonyl (C=O) groups is 1. The van der Waals surface area contributed by atoms with Crippen LogP contribution >= 0.6 is 0 Å². The summed E-state index contributed by atoms with van der Waals surface area (Å²) in [6.45, 7) is 2.17. The van der Waals surface area contributed by atoms with Crippen LogP contribution < -0.4 is 5.32 Å². The number of phenols is 1. The van der Waals surface area contributed by atoms with Gasteiger partial charge in [0, 0.05) is 18.2 Å². The van der Waals surface area contributed by atoms with E-state index in [1.165, 1.54) is 19.3 Å². The number of hydrogen-bond acceptors (Lipinski definition) is 3. The molecule has 136 valence electrons. The quantitative estimate of drug-likeness (QED) is 0.486. The number of rotatable bonds is 8. The van der Waals surface area contributed by atoms with Gasteiger partial charge in [0.15, 0.2) is 0 Å². The molecule has 0 saturated heterocycles. The minimum absolute atomic E-state index is 0.0163. The van der Waals surface area contributed by atoms with Crippen molar-refractivity contribution >= 4 is 22.6 Å². The minimum atomic E-state index is -0.0163. The van der Waals surface area contributed by atoms with E-state index in [0.717, 1.165) is 23.9 Å². The number of anilines is 1. The molecule has 0 aliphatic heterocycles. The molecule has 0 saturated carbocycles. The van der Waals surface area contributed by atoms with Crippen LogP contribution in [0.2, 0.25) is 0 Å². The SMILES string of the molecule is CCCCCCCC(=O)Nc1ccc(-c2nc3ccccc3[nH]2)c(O)c1. The maximum Gasteiger partial charge on any atom is 0.224 e. The number of aromatic hydroxyl groups is 1. The van der Waals surface area contributed by atoms with E-state index in [1.54, 1.807) is 18.2 Å². The Hall–Kier alpha value is -2.82. The first-order valence-electron chi connectivity index (χ1n) is 9.25. The summed E-state index contributed by atoms with van der Waals surface area (Å²) in [5, 5.41) is 13.2. The average Bonchev–Trinajstić information content (AvgIpc) is 3.05. The van der Waals surface area contributed by atoms with E-state index >= 15 is 0 Å². The monoisotopic (exact) mass is 351 g/mol. The zero-order valence-corrected chi connectivity index (χ0v) is 15.1. The standard InChI is InChI=1S/C21H25N3O2/c1-2-3-4-5-6-11-20(26)22-15-12-13-16(19(25)14-15)21-23-17-9-7-8-10-18(17)24-21/h7-10,12-14,25H,2-6,11H2,1H3,(H,22,26)(H,23,24). The van der Waals surface area contributed by atoms with Crippen molar-refractivity contribution in [2.24, 2.45) is 0 Å². The first-order valence-corrected chi connectivity index (χ1v) is 9.25. The van der Waals surface area contributed by atoms with Gasteiger partial charge in [-0.2, -0.15) is 0 Å². The molecule has 0 aliphatic carbocycles. The smallest absolute Gasteiger partial charge is 0.224 e. The van der Waals surface area contributed by atoms with Crippen LogP contribution in [0.1, 0.15) is 45.4 Å². The highest BCUT2D eigenvalue weighted by molar-refractivity contribution is 5.91. The number of aromatic amines is 1. The topological polar surface area (TPSA) is 78.0 Å². The molecule has 5 heteroatoms. The normalized spacial score (nSPS) is 11.0. The maximum atomic E-state index is 12.0. The van der Waals surface area contributed by atoms with Gasteiger partial charge in [0.05, 0.1) is 16.6 Å². The second-order valence-electron chi connectivity index (χ2n) is 6.55. The number of carbonyl (C=O) groups excluding carboxylic acids is 1. The Balaban J connectivity index is 1.63. The van der Waals surface area contributed by atoms with Crippen LogP contribution in [0.4, 0.5) is 5.69 Å². The van der Waals surface area contributed by atoms with Crippen LogP contribution in [-0.2, 0) is 4.79 Å². The van der Waals surface area contributed by atoms with Gasteiger partial charge in [-0.05, 0) is 30.7 Å². The molecule has 3 N–H and O–H groups in total. The molecule has 0 unspecified atom stereocenters. The van der Waals surface area contributed by atoms with Gasteiger partial charge in [0.1, 0.15) is 11.6 Å². The number of benzene rings is 2. The number of aromatic nitrogens is 2. The van der Waals surface area contributed by atoms with Crippen molar-refractivity contribution in [1.29, 1.82) is 0 Å². The molecular weight excluding hydrogens is 326 g/mol. The lowest BCUT2D eigenvalue weighted by Crippen LogP contribution is -2.10. The fraction of sp³-hybridized carbons (Fsp3) is 0.333. The third-order valence-corrected chi connectivity index (χ3v) is 4.43. The largest absolute Gasteiger partial charge is 0.507 e. The number of fused-ring (bicyclic) bond motifs is 1. The summed E-state index contributed by atoms with van der Waals surface area (Å²) in [7, 11) is 0. The Morgan fingerprint density at radius 1 is 1.12 bits per heavy atom. The molecule has 5 nitrogen and oxygen atoms in total. The maximum absolute atomic E-state index is 12.0. The lowest BCUT2D eigenvalue weighted by molar-refractivity contribution is -0.116. The molecule has 3 aromatic rings. The first kappa shape index (κ1) is 18.0. The van der Waals surface area contributed by atoms with Crippen molar-refractivity contribution in [2.75, 3.05) is 5.32 Å². The number of H-pyrrole nitrogens is 1. The summed E-state index contributed by atoms with van der Waals surface area (Å²) in [4.78, 5) is 19.7. The van der Waals surface area contributed by atoms with Crippen molar-refractivity contribution in [3.63, 3.8) is 0 Å². The van der Waals surface area contributed by atoms with E-state index in [1.807, 2.05) is 24.3 Å². The van der Waals surface area contributed by atoms with Crippen molar-refractivity contribution in [3.05, 3.63) is 42.5 Å². The van der Waals surface area contributed by atoms with Crippen molar-refractivity contribution < 1.29 is 9.90 Å². The van der Waals surface area contributed by atoms with Crippen LogP contribution in [0, 0.1) is 0 Å². The van der Waals surface area contributed by atoms with Crippen molar-refractivity contribution in [2.45, 2.75) is 45.4 Å². The molecule has 0 aliphatic rings. The Kier molecular flexibility index (Phi) is 5.89. The molecular formula is C21H25N3O2. The minimum Gasteiger partial charge on any atom is -0.507 e. The predicted octanol–water partition coefficient (Wildman–Crippen LogP) is 5.23. The Morgan fingerprint density at radius 3 is 2.69 bits per heavy atom. The summed E-state index contributed by atoms with van der Waals surface area (Å²) >= 11 is 0. The fourth-order valence-corrected chi connectivity index (χ4v) is 3.00. The van der Waals surface area contributed by atoms with Gasteiger partial charge in [0.2, 0.25) is 5.91 Å². The van der Waals surface area contributed by atoms with Crippen LogP contribution in [0.3, 0.4) is 0 Å². The lowest BCUT2D eigenvalue weighted by Gasteiger charge is -2.08. The van der Waals surface area contributed by atoms with E-state index in [4.69, 9.17) is 0 Å². The fourth-order valence-electron chi connectivity index (χ4n) is 3.00. The van der Waals surface area contributed by atoms with Crippen LogP contribution in [0.5, 0.6) is 5.75 Å². The van der Waals surface area contributed by atoms with E-state index in [9.17, 15) is 9.90 Å². The van der Waals surface area contributed by atoms with Gasteiger partial charge in [-0.3, -0.25) is 4.79 Å². The van der Waals surface area contributed by atoms with Crippen molar-refractivity contribution in [3.8, 4) is 17.1 Å². The third-order valence-electron chi connectivity index (χ3n) is 4.43. The zero-order valence-electron chi connectivity index (χ0n) is 15.1. The van der Waals surface area contributed by atoms with E-state index in [2.05, 4.69) is 22.2 Å². The second-order valence-corrected chi connectivity index (χ2v) is 6.55. The summed E-state index contributed by atoms with van der Waals surface area (Å²) < 4.78 is 0. The Morgan fingerprint density at radius 2 is 1.92 bits per heavy atom. The molecule has 0 fully saturated rings. The van der Waals surface area contributed by atoms with E-state index in [0.29, 0.717) is 23.5 Å². The molecule has 0 spiro atoms. The molecule has 0 radical (unpaired) electrons. The molecule has 0 atom stereocenters. The van der Waals surface area contributed by atoms with Gasteiger partial charge in [0.25, 0.3) is 0 Å². The van der Waals surface area contributed by atoms with Crippen LogP contribution in [0.15, 0.2) is 42.5 Å². The molecule has 3 rings (SSSR count). The van der Waals surface area contributed by atoms with Gasteiger partial charge in [-0.15, -0.1) is 0 Å². The van der Waals surface area contributed by atoms with Crippen LogP contribution in [0.25, 0.3) is 22.4 Å². The number of unbranched alkanes of at least 4 members (excludes halogenated alkanes) is 4. The highest BCUT2D eigenvalue weighted by Crippen LogP contribution is 2.31. The number of phenolic OH excluding ortho intramolecular Hbond substituents is 1. The van der Waals surface area contributed by atoms with Gasteiger partial charge in [-0.25, -0.2) is 4.98 Å². The highest BCUT2D eigenvalue weighted by atomic mass is 16.3. The first-order chi connectivity index (χ1) is 12.7. The zero-order chi connectivity index (χ0) is 18.4. The molecule has 2 aromatic carbocycles. The van der Waals surface area contributed by atoms with Gasteiger partial charge >= 0.3 is 0 Å². The number of nitrogens with zero attached hydrogens (tertiary/aromatic N) is 1. The molecule has 1 amide bonds. The molecule has 26 heavy (non-hydrogen) atoms. The second kappa shape index (κ2) is 8.52. The number of amides is 1. The van der Waals surface area contributed by atoms with Crippen LogP contribution in [-0.4, -0.2) is 21.0 Å². The molecule has 1 heterocycles. The van der Waals surface area contributed by atoms with Gasteiger partial charge in [-0.1, -0.05) is 44.7 Å². The number of para-hydroxylation sites is 2. The average molecular weight is 351 g/mol. The third kappa shape index (κ3) is 4.42. The lowest BCUT2D eigenvalue weighted by atomic mass is 10.1. The van der Waals surface area contributed by atoms with Gasteiger partial charge < -0.3 is 15.4 Å². The molecule has 1 aromatic heterocycles. The van der Waals surface area contributed by atoms with E-state index < -0.39 is 0 Å².